The molecule has 0 heterocycles. The fourth-order valence-corrected chi connectivity index (χ4v) is 1.36. The summed E-state index contributed by atoms with van der Waals surface area (Å²) in [6.07, 6.45) is 3.83. The third kappa shape index (κ3) is 5.54. The van der Waals surface area contributed by atoms with Crippen LogP contribution in [0.5, 0.6) is 11.5 Å². The predicted molar refractivity (Wildman–Crippen MR) is 71.4 cm³/mol. The van der Waals surface area contributed by atoms with Crippen LogP contribution in [0.3, 0.4) is 0 Å². The first-order chi connectivity index (χ1) is 9.31. The smallest absolute Gasteiger partial charge is 0.189 e. The first-order valence-electron chi connectivity index (χ1n) is 5.81. The molecule has 0 spiro atoms. The summed E-state index contributed by atoms with van der Waals surface area (Å²) in [7, 11) is 3.17. The van der Waals surface area contributed by atoms with Crippen LogP contribution >= 0.6 is 0 Å². The van der Waals surface area contributed by atoms with Crippen LogP contribution in [0.2, 0.25) is 0 Å². The molecule has 0 atom stereocenters. The maximum Gasteiger partial charge on any atom is 0.189 e. The quantitative estimate of drug-likeness (QED) is 0.296. The highest BCUT2D eigenvalue weighted by atomic mass is 16.7. The van der Waals surface area contributed by atoms with Crippen molar-refractivity contribution in [2.45, 2.75) is 0 Å². The molecule has 0 bridgehead atoms. The van der Waals surface area contributed by atoms with E-state index in [2.05, 4.69) is 0 Å². The summed E-state index contributed by atoms with van der Waals surface area (Å²) in [5.74, 6) is 1.17. The van der Waals surface area contributed by atoms with Crippen LogP contribution in [0.15, 0.2) is 24.3 Å². The molecule has 0 aromatic heterocycles. The van der Waals surface area contributed by atoms with E-state index in [1.165, 1.54) is 6.08 Å². The fraction of sp³-hybridized carbons (Fsp3) is 0.357. The van der Waals surface area contributed by atoms with Crippen molar-refractivity contribution < 1.29 is 23.7 Å². The maximum atomic E-state index is 10.3. The highest BCUT2D eigenvalue weighted by Gasteiger charge is 2.04. The molecule has 0 saturated heterocycles. The fourth-order valence-electron chi connectivity index (χ4n) is 1.36. The Morgan fingerprint density at radius 3 is 2.68 bits per heavy atom. The van der Waals surface area contributed by atoms with Crippen molar-refractivity contribution in [3.05, 3.63) is 29.8 Å². The molecular formula is C14H18O5. The lowest BCUT2D eigenvalue weighted by molar-refractivity contribution is -0.104. The summed E-state index contributed by atoms with van der Waals surface area (Å²) in [6, 6.07) is 5.38. The molecule has 0 aliphatic carbocycles. The average molecular weight is 266 g/mol. The molecule has 5 heteroatoms. The van der Waals surface area contributed by atoms with E-state index in [1.807, 2.05) is 6.07 Å². The van der Waals surface area contributed by atoms with Gasteiger partial charge in [0, 0.05) is 7.11 Å². The molecule has 0 N–H and O–H groups in total. The van der Waals surface area contributed by atoms with Crippen molar-refractivity contribution in [3.63, 3.8) is 0 Å². The lowest BCUT2D eigenvalue weighted by atomic mass is 10.2. The van der Waals surface area contributed by atoms with E-state index in [0.29, 0.717) is 24.7 Å². The molecular weight excluding hydrogens is 248 g/mol. The van der Waals surface area contributed by atoms with Gasteiger partial charge in [-0.3, -0.25) is 4.79 Å². The van der Waals surface area contributed by atoms with Crippen molar-refractivity contribution in [2.24, 2.45) is 0 Å². The third-order valence-corrected chi connectivity index (χ3v) is 2.28. The van der Waals surface area contributed by atoms with Crippen LogP contribution in [0.1, 0.15) is 5.56 Å². The van der Waals surface area contributed by atoms with Crippen molar-refractivity contribution in [3.8, 4) is 11.5 Å². The molecule has 104 valence electrons. The van der Waals surface area contributed by atoms with Crippen molar-refractivity contribution in [1.29, 1.82) is 0 Å². The standard InChI is InChI=1S/C14H18O5/c1-16-8-9-18-11-19-13-6-5-12(4-3-7-15)10-14(13)17-2/h3-7,10H,8-9,11H2,1-2H3. The van der Waals surface area contributed by atoms with Gasteiger partial charge >= 0.3 is 0 Å². The Labute approximate surface area is 112 Å². The Morgan fingerprint density at radius 2 is 2.00 bits per heavy atom. The Balaban J connectivity index is 2.57. The third-order valence-electron chi connectivity index (χ3n) is 2.28. The topological polar surface area (TPSA) is 54.0 Å². The molecule has 19 heavy (non-hydrogen) atoms. The lowest BCUT2D eigenvalue weighted by Crippen LogP contribution is -2.08. The van der Waals surface area contributed by atoms with Gasteiger partial charge in [0.05, 0.1) is 20.3 Å². The van der Waals surface area contributed by atoms with E-state index in [0.717, 1.165) is 11.8 Å². The van der Waals surface area contributed by atoms with Gasteiger partial charge < -0.3 is 18.9 Å². The van der Waals surface area contributed by atoms with Crippen LogP contribution in [0.25, 0.3) is 6.08 Å². The molecule has 1 rings (SSSR count). The zero-order valence-electron chi connectivity index (χ0n) is 11.1. The van der Waals surface area contributed by atoms with Gasteiger partial charge in [0.2, 0.25) is 0 Å². The van der Waals surface area contributed by atoms with Crippen LogP contribution in [-0.4, -0.2) is 40.5 Å². The summed E-state index contributed by atoms with van der Waals surface area (Å²) in [5.41, 5.74) is 0.858. The van der Waals surface area contributed by atoms with E-state index >= 15 is 0 Å². The number of rotatable bonds is 9. The van der Waals surface area contributed by atoms with E-state index in [4.69, 9.17) is 18.9 Å². The number of ether oxygens (including phenoxy) is 4. The Bertz CT molecular complexity index is 414. The second-order valence-electron chi connectivity index (χ2n) is 3.57. The van der Waals surface area contributed by atoms with Crippen molar-refractivity contribution >= 4 is 12.4 Å². The molecule has 0 aliphatic rings. The minimum absolute atomic E-state index is 0.128. The van der Waals surface area contributed by atoms with E-state index in [-0.39, 0.29) is 6.79 Å². The summed E-state index contributed by atoms with van der Waals surface area (Å²) in [5, 5.41) is 0. The second-order valence-corrected chi connectivity index (χ2v) is 3.57. The first kappa shape index (κ1) is 15.2. The molecule has 1 aromatic carbocycles. The van der Waals surface area contributed by atoms with Gasteiger partial charge in [0.25, 0.3) is 0 Å². The summed E-state index contributed by atoms with van der Waals surface area (Å²) >= 11 is 0. The summed E-state index contributed by atoms with van der Waals surface area (Å²) in [6.45, 7) is 1.12. The van der Waals surface area contributed by atoms with Gasteiger partial charge in [-0.15, -0.1) is 0 Å². The Morgan fingerprint density at radius 1 is 1.16 bits per heavy atom. The highest BCUT2D eigenvalue weighted by Crippen LogP contribution is 2.28. The van der Waals surface area contributed by atoms with Gasteiger partial charge in [0.1, 0.15) is 6.29 Å². The number of hydrogen-bond donors (Lipinski definition) is 0. The number of carbonyl (C=O) groups excluding carboxylic acids is 1. The van der Waals surface area contributed by atoms with Gasteiger partial charge in [-0.25, -0.2) is 0 Å². The van der Waals surface area contributed by atoms with Gasteiger partial charge in [-0.05, 0) is 23.8 Å². The number of allylic oxidation sites excluding steroid dienone is 1. The Kier molecular flexibility index (Phi) is 7.31. The van der Waals surface area contributed by atoms with E-state index < -0.39 is 0 Å². The van der Waals surface area contributed by atoms with Crippen molar-refractivity contribution in [1.82, 2.24) is 0 Å². The summed E-state index contributed by atoms with van der Waals surface area (Å²) < 4.78 is 20.7. The van der Waals surface area contributed by atoms with Crippen LogP contribution < -0.4 is 9.47 Å². The molecule has 0 amide bonds. The number of carbonyl (C=O) groups is 1. The zero-order valence-corrected chi connectivity index (χ0v) is 11.1. The van der Waals surface area contributed by atoms with E-state index in [9.17, 15) is 4.79 Å². The van der Waals surface area contributed by atoms with Gasteiger partial charge in [-0.1, -0.05) is 12.1 Å². The first-order valence-corrected chi connectivity index (χ1v) is 5.81. The SMILES string of the molecule is COCCOCOc1ccc(C=CC=O)cc1OC. The van der Waals surface area contributed by atoms with Crippen LogP contribution in [0.4, 0.5) is 0 Å². The average Bonchev–Trinajstić information content (AvgIpc) is 2.45. The van der Waals surface area contributed by atoms with Crippen LogP contribution in [-0.2, 0) is 14.3 Å². The molecule has 0 saturated carbocycles. The number of benzene rings is 1. The highest BCUT2D eigenvalue weighted by molar-refractivity contribution is 5.74. The largest absolute Gasteiger partial charge is 0.493 e. The number of hydrogen-bond acceptors (Lipinski definition) is 5. The van der Waals surface area contributed by atoms with Crippen LogP contribution in [0, 0.1) is 0 Å². The summed E-state index contributed by atoms with van der Waals surface area (Å²) in [4.78, 5) is 10.3. The monoisotopic (exact) mass is 266 g/mol. The van der Waals surface area contributed by atoms with Gasteiger partial charge in [0.15, 0.2) is 18.3 Å². The minimum atomic E-state index is 0.128. The predicted octanol–water partition coefficient (Wildman–Crippen LogP) is 1.91. The molecule has 1 aromatic rings. The zero-order chi connectivity index (χ0) is 13.9. The number of aldehydes is 1. The maximum absolute atomic E-state index is 10.3. The van der Waals surface area contributed by atoms with Crippen molar-refractivity contribution in [2.75, 3.05) is 34.2 Å². The molecule has 0 fully saturated rings. The second kappa shape index (κ2) is 9.13. The molecule has 0 aliphatic heterocycles. The normalized spacial score (nSPS) is 10.6. The Hall–Kier alpha value is -1.85. The number of methoxy groups -OCH3 is 2. The lowest BCUT2D eigenvalue weighted by Gasteiger charge is -2.11. The molecule has 5 nitrogen and oxygen atoms in total. The molecule has 0 unspecified atom stereocenters. The van der Waals surface area contributed by atoms with Gasteiger partial charge in [-0.2, -0.15) is 0 Å². The molecule has 0 radical (unpaired) electrons. The minimum Gasteiger partial charge on any atom is -0.493 e. The van der Waals surface area contributed by atoms with E-state index in [1.54, 1.807) is 32.4 Å².